The summed E-state index contributed by atoms with van der Waals surface area (Å²) in [7, 11) is 0. The summed E-state index contributed by atoms with van der Waals surface area (Å²) < 4.78 is 0. The number of hydrogen-bond acceptors (Lipinski definition) is 4. The number of thiophene rings is 1. The normalized spacial score (nSPS) is 25.8. The SMILES string of the molecule is O=C(Nc1ccccc1)c1c(NC(=O)[C@H]2[C@@H](C(=O)O)[C@H]3C=C[C@H]2CC3)sc2c1CCC2. The lowest BCUT2D eigenvalue weighted by Crippen LogP contribution is -2.47. The highest BCUT2D eigenvalue weighted by atomic mass is 32.1. The largest absolute Gasteiger partial charge is 0.481 e. The average molecular weight is 437 g/mol. The predicted molar refractivity (Wildman–Crippen MR) is 119 cm³/mol. The molecule has 0 unspecified atom stereocenters. The molecule has 160 valence electrons. The van der Waals surface area contributed by atoms with Crippen LogP contribution in [0.25, 0.3) is 0 Å². The summed E-state index contributed by atoms with van der Waals surface area (Å²) in [5, 5.41) is 16.2. The highest BCUT2D eigenvalue weighted by molar-refractivity contribution is 7.17. The highest BCUT2D eigenvalue weighted by Crippen LogP contribution is 2.46. The lowest BCUT2D eigenvalue weighted by molar-refractivity contribution is -0.151. The number of anilines is 2. The molecule has 2 bridgehead atoms. The Morgan fingerprint density at radius 3 is 2.32 bits per heavy atom. The topological polar surface area (TPSA) is 95.5 Å². The lowest BCUT2D eigenvalue weighted by Gasteiger charge is -2.41. The zero-order chi connectivity index (χ0) is 21.5. The van der Waals surface area contributed by atoms with Crippen molar-refractivity contribution in [3.63, 3.8) is 0 Å². The number of aryl methyl sites for hydroxylation is 1. The van der Waals surface area contributed by atoms with Gasteiger partial charge in [-0.05, 0) is 61.6 Å². The van der Waals surface area contributed by atoms with E-state index in [9.17, 15) is 19.5 Å². The Bertz CT molecular complexity index is 1070. The number of rotatable bonds is 5. The Kier molecular flexibility index (Phi) is 5.14. The quantitative estimate of drug-likeness (QED) is 0.608. The van der Waals surface area contributed by atoms with E-state index in [-0.39, 0.29) is 23.7 Å². The maximum absolute atomic E-state index is 13.3. The number of para-hydroxylation sites is 1. The molecule has 0 radical (unpaired) electrons. The van der Waals surface area contributed by atoms with Crippen molar-refractivity contribution in [3.8, 4) is 0 Å². The van der Waals surface area contributed by atoms with Gasteiger partial charge in [-0.15, -0.1) is 11.3 Å². The van der Waals surface area contributed by atoms with E-state index in [4.69, 9.17) is 0 Å². The van der Waals surface area contributed by atoms with Crippen LogP contribution in [0.1, 0.15) is 40.1 Å². The molecule has 4 aliphatic carbocycles. The van der Waals surface area contributed by atoms with E-state index in [1.54, 1.807) is 0 Å². The van der Waals surface area contributed by atoms with Crippen molar-refractivity contribution in [1.29, 1.82) is 0 Å². The number of carboxylic acids is 1. The molecule has 0 spiro atoms. The summed E-state index contributed by atoms with van der Waals surface area (Å²) in [5.41, 5.74) is 2.23. The van der Waals surface area contributed by atoms with Gasteiger partial charge >= 0.3 is 5.97 Å². The average Bonchev–Trinajstić information content (AvgIpc) is 3.35. The minimum absolute atomic E-state index is 0.0699. The van der Waals surface area contributed by atoms with Gasteiger partial charge in [-0.25, -0.2) is 0 Å². The van der Waals surface area contributed by atoms with Gasteiger partial charge in [0.2, 0.25) is 5.91 Å². The molecule has 1 fully saturated rings. The molecule has 6 nitrogen and oxygen atoms in total. The van der Waals surface area contributed by atoms with Crippen LogP contribution in [0, 0.1) is 23.7 Å². The molecule has 1 aromatic carbocycles. The van der Waals surface area contributed by atoms with Gasteiger partial charge in [0.15, 0.2) is 0 Å². The molecule has 1 aromatic heterocycles. The molecular formula is C24H24N2O4S. The number of benzene rings is 1. The second kappa shape index (κ2) is 7.96. The highest BCUT2D eigenvalue weighted by Gasteiger charge is 2.48. The molecule has 7 heteroatoms. The molecule has 4 aliphatic rings. The van der Waals surface area contributed by atoms with Crippen molar-refractivity contribution in [3.05, 3.63) is 58.5 Å². The van der Waals surface area contributed by atoms with Crippen molar-refractivity contribution in [1.82, 2.24) is 0 Å². The number of carbonyl (C=O) groups excluding carboxylic acids is 2. The summed E-state index contributed by atoms with van der Waals surface area (Å²) in [6, 6.07) is 9.24. The van der Waals surface area contributed by atoms with Crippen LogP contribution in [-0.2, 0) is 22.4 Å². The Morgan fingerprint density at radius 1 is 0.935 bits per heavy atom. The third-order valence-electron chi connectivity index (χ3n) is 6.75. The van der Waals surface area contributed by atoms with Crippen molar-refractivity contribution < 1.29 is 19.5 Å². The maximum atomic E-state index is 13.3. The van der Waals surface area contributed by atoms with E-state index in [0.29, 0.717) is 16.3 Å². The van der Waals surface area contributed by atoms with E-state index in [1.165, 1.54) is 11.3 Å². The van der Waals surface area contributed by atoms with E-state index in [0.717, 1.165) is 42.5 Å². The summed E-state index contributed by atoms with van der Waals surface area (Å²) in [6.45, 7) is 0. The number of aliphatic carboxylic acids is 1. The molecule has 3 N–H and O–H groups in total. The Balaban J connectivity index is 1.43. The van der Waals surface area contributed by atoms with E-state index in [2.05, 4.69) is 10.6 Å². The molecule has 1 saturated carbocycles. The zero-order valence-electron chi connectivity index (χ0n) is 17.0. The smallest absolute Gasteiger partial charge is 0.307 e. The van der Waals surface area contributed by atoms with Gasteiger partial charge < -0.3 is 15.7 Å². The van der Waals surface area contributed by atoms with Crippen LogP contribution in [0.15, 0.2) is 42.5 Å². The van der Waals surface area contributed by atoms with Gasteiger partial charge in [0.25, 0.3) is 5.91 Å². The first-order valence-electron chi connectivity index (χ1n) is 10.8. The van der Waals surface area contributed by atoms with Crippen molar-refractivity contribution in [2.45, 2.75) is 32.1 Å². The standard InChI is InChI=1S/C24H24N2O4S/c27-21(18-13-9-11-14(12-10-13)19(18)24(29)30)26-23-20(16-7-4-8-17(16)31-23)22(28)25-15-5-2-1-3-6-15/h1-3,5-6,9,11,13-14,18-19H,4,7-8,10,12H2,(H,25,28)(H,26,27)(H,29,30)/t13-,14-,18+,19-/m0/s1. The number of carboxylic acid groups (broad SMARTS) is 1. The summed E-state index contributed by atoms with van der Waals surface area (Å²) in [6.07, 6.45) is 8.29. The molecule has 1 heterocycles. The van der Waals surface area contributed by atoms with Gasteiger partial charge in [0.1, 0.15) is 5.00 Å². The van der Waals surface area contributed by atoms with Gasteiger partial charge in [-0.2, -0.15) is 0 Å². The van der Waals surface area contributed by atoms with Crippen LogP contribution < -0.4 is 10.6 Å². The van der Waals surface area contributed by atoms with Crippen molar-refractivity contribution >= 4 is 39.8 Å². The number of carbonyl (C=O) groups is 3. The molecule has 0 aliphatic heterocycles. The Morgan fingerprint density at radius 2 is 1.65 bits per heavy atom. The molecule has 6 rings (SSSR count). The predicted octanol–water partition coefficient (Wildman–Crippen LogP) is 4.34. The van der Waals surface area contributed by atoms with E-state index in [1.807, 2.05) is 42.5 Å². The Labute approximate surface area is 184 Å². The monoisotopic (exact) mass is 436 g/mol. The van der Waals surface area contributed by atoms with Gasteiger partial charge in [-0.3, -0.25) is 14.4 Å². The molecule has 31 heavy (non-hydrogen) atoms. The number of hydrogen-bond donors (Lipinski definition) is 3. The third kappa shape index (κ3) is 3.57. The summed E-state index contributed by atoms with van der Waals surface area (Å²) in [5.74, 6) is -2.94. The van der Waals surface area contributed by atoms with Crippen LogP contribution in [0.2, 0.25) is 0 Å². The zero-order valence-corrected chi connectivity index (χ0v) is 17.8. The van der Waals surface area contributed by atoms with Crippen LogP contribution in [0.4, 0.5) is 10.7 Å². The lowest BCUT2D eigenvalue weighted by atomic mass is 9.62. The van der Waals surface area contributed by atoms with E-state index >= 15 is 0 Å². The molecular weight excluding hydrogens is 412 g/mol. The van der Waals surface area contributed by atoms with Crippen LogP contribution in [0.5, 0.6) is 0 Å². The second-order valence-corrected chi connectivity index (χ2v) is 9.66. The van der Waals surface area contributed by atoms with Crippen LogP contribution in [-0.4, -0.2) is 22.9 Å². The minimum Gasteiger partial charge on any atom is -0.481 e. The first-order chi connectivity index (χ1) is 15.0. The second-order valence-electron chi connectivity index (χ2n) is 8.55. The number of nitrogens with one attached hydrogen (secondary N) is 2. The third-order valence-corrected chi connectivity index (χ3v) is 7.96. The number of allylic oxidation sites excluding steroid dienone is 2. The van der Waals surface area contributed by atoms with Gasteiger partial charge in [0.05, 0.1) is 17.4 Å². The molecule has 0 saturated heterocycles. The Hall–Kier alpha value is -2.93. The van der Waals surface area contributed by atoms with E-state index < -0.39 is 17.8 Å². The number of amides is 2. The fraction of sp³-hybridized carbons (Fsp3) is 0.375. The molecule has 4 atom stereocenters. The van der Waals surface area contributed by atoms with Crippen molar-refractivity contribution in [2.75, 3.05) is 10.6 Å². The first kappa shape index (κ1) is 20.0. The summed E-state index contributed by atoms with van der Waals surface area (Å²) in [4.78, 5) is 39.5. The fourth-order valence-electron chi connectivity index (χ4n) is 5.33. The molecule has 2 aromatic rings. The van der Waals surface area contributed by atoms with Crippen LogP contribution in [0.3, 0.4) is 0 Å². The van der Waals surface area contributed by atoms with Gasteiger partial charge in [0, 0.05) is 10.6 Å². The first-order valence-corrected chi connectivity index (χ1v) is 11.6. The van der Waals surface area contributed by atoms with Crippen LogP contribution >= 0.6 is 11.3 Å². The van der Waals surface area contributed by atoms with Gasteiger partial charge in [-0.1, -0.05) is 30.4 Å². The summed E-state index contributed by atoms with van der Waals surface area (Å²) >= 11 is 1.45. The fourth-order valence-corrected chi connectivity index (χ4v) is 6.62. The minimum atomic E-state index is -0.921. The number of fused-ring (bicyclic) bond motifs is 3. The van der Waals surface area contributed by atoms with Crippen molar-refractivity contribution in [2.24, 2.45) is 23.7 Å². The molecule has 2 amide bonds. The maximum Gasteiger partial charge on any atom is 0.307 e.